The third kappa shape index (κ3) is 4.74. The third-order valence-corrected chi connectivity index (χ3v) is 13.8. The van der Waals surface area contributed by atoms with Crippen molar-refractivity contribution in [3.63, 3.8) is 0 Å². The highest BCUT2D eigenvalue weighted by molar-refractivity contribution is 6.67. The highest BCUT2D eigenvalue weighted by Crippen LogP contribution is 2.48. The molecule has 8 aromatic rings. The van der Waals surface area contributed by atoms with Crippen LogP contribution in [0.25, 0.3) is 76.2 Å². The van der Waals surface area contributed by atoms with Crippen molar-refractivity contribution in [3.8, 4) is 0 Å². The lowest BCUT2D eigenvalue weighted by Crippen LogP contribution is -2.41. The second-order valence-electron chi connectivity index (χ2n) is 18.4. The van der Waals surface area contributed by atoms with Crippen LogP contribution in [0.2, 0.25) is 0 Å². The number of nitrogens with zero attached hydrogens (tertiary/aromatic N) is 2. The molecule has 0 radical (unpaired) electrons. The molecule has 10 rings (SSSR count). The van der Waals surface area contributed by atoms with Crippen LogP contribution in [0.1, 0.15) is 94.9 Å². The predicted molar refractivity (Wildman–Crippen MR) is 229 cm³/mol. The van der Waals surface area contributed by atoms with Crippen molar-refractivity contribution in [1.29, 1.82) is 0 Å². The second-order valence-corrected chi connectivity index (χ2v) is 18.4. The van der Waals surface area contributed by atoms with Crippen LogP contribution in [0.15, 0.2) is 52.3 Å². The van der Waals surface area contributed by atoms with Crippen LogP contribution < -0.4 is 33.2 Å². The minimum atomic E-state index is -0.944. The lowest BCUT2D eigenvalue weighted by molar-refractivity contribution is 0.00578. The van der Waals surface area contributed by atoms with Gasteiger partial charge in [0.1, 0.15) is 22.3 Å². The normalized spacial score (nSPS) is 19.1. The van der Waals surface area contributed by atoms with E-state index in [2.05, 4.69) is 0 Å². The van der Waals surface area contributed by atoms with E-state index < -0.39 is 58.9 Å². The Labute approximate surface area is 333 Å². The number of hydrogen-bond acceptors (Lipinski definition) is 10. The Bertz CT molecular complexity index is 3030. The van der Waals surface area contributed by atoms with E-state index >= 15 is 0 Å². The van der Waals surface area contributed by atoms with Gasteiger partial charge in [0.15, 0.2) is 0 Å². The Kier molecular flexibility index (Phi) is 7.72. The van der Waals surface area contributed by atoms with Gasteiger partial charge in [-0.25, -0.2) is 0 Å². The zero-order valence-electron chi connectivity index (χ0n) is 34.7. The van der Waals surface area contributed by atoms with Gasteiger partial charge in [-0.1, -0.05) is 26.7 Å². The molecule has 2 aliphatic heterocycles. The molecule has 0 atom stereocenters. The van der Waals surface area contributed by atoms with E-state index in [4.69, 9.17) is 27.5 Å². The van der Waals surface area contributed by atoms with E-state index in [-0.39, 0.29) is 13.1 Å². The number of benzene rings is 4. The molecule has 2 saturated heterocycles. The number of unbranched alkanes of at least 4 members (excludes halogenated alkanes) is 2. The molecular formula is C44H46B2N2O10. The van der Waals surface area contributed by atoms with Crippen LogP contribution >= 0.6 is 0 Å². The zero-order valence-corrected chi connectivity index (χ0v) is 34.7. The molecule has 0 unspecified atom stereocenters. The summed E-state index contributed by atoms with van der Waals surface area (Å²) >= 11 is 0. The van der Waals surface area contributed by atoms with Gasteiger partial charge in [0.2, 0.25) is 0 Å². The van der Waals surface area contributed by atoms with Crippen molar-refractivity contribution in [2.24, 2.45) is 0 Å². The fourth-order valence-electron chi connectivity index (χ4n) is 9.07. The molecule has 298 valence electrons. The van der Waals surface area contributed by atoms with E-state index in [0.29, 0.717) is 100.0 Å². The highest BCUT2D eigenvalue weighted by atomic mass is 16.7. The van der Waals surface area contributed by atoms with E-state index in [1.54, 1.807) is 24.3 Å². The van der Waals surface area contributed by atoms with Gasteiger partial charge in [-0.05, 0) is 92.5 Å². The predicted octanol–water partition coefficient (Wildman–Crippen LogP) is 6.50. The molecule has 0 N–H and O–H groups in total. The van der Waals surface area contributed by atoms with Crippen LogP contribution in [-0.4, -0.2) is 45.8 Å². The standard InChI is InChI=1S/C44H46B2N2O10/c1-11-13-15-47-37(49)21-17-25(45-55-41(3,4)42(5,6)56-45)35-33-29(21)23(39(47)51)19-27-31(33)32-28(54-35)20-24-30-22(38(50)48(40(24)52)16-14-12-2)18-26(36(53-27)34(30)32)46-57-43(7,8)44(9,10)58-46/h17-20H,11-16H2,1-10H3. The maximum atomic E-state index is 14.5. The summed E-state index contributed by atoms with van der Waals surface area (Å²) < 4.78 is 43.1. The summed E-state index contributed by atoms with van der Waals surface area (Å²) in [6, 6.07) is 6.89. The summed E-state index contributed by atoms with van der Waals surface area (Å²) in [4.78, 5) is 57.9. The fourth-order valence-corrected chi connectivity index (χ4v) is 9.07. The third-order valence-electron chi connectivity index (χ3n) is 13.8. The van der Waals surface area contributed by atoms with Crippen LogP contribution in [0.5, 0.6) is 0 Å². The molecule has 0 amide bonds. The van der Waals surface area contributed by atoms with Crippen molar-refractivity contribution in [3.05, 3.63) is 65.7 Å². The summed E-state index contributed by atoms with van der Waals surface area (Å²) in [5, 5.41) is 4.31. The summed E-state index contributed by atoms with van der Waals surface area (Å²) in [5.74, 6) is 0. The molecule has 2 aliphatic rings. The molecule has 4 aromatic heterocycles. The maximum Gasteiger partial charge on any atom is 0.498 e. The molecule has 0 bridgehead atoms. The van der Waals surface area contributed by atoms with E-state index in [9.17, 15) is 19.2 Å². The largest absolute Gasteiger partial charge is 0.498 e. The first kappa shape index (κ1) is 37.5. The lowest BCUT2D eigenvalue weighted by Gasteiger charge is -2.32. The Balaban J connectivity index is 1.44. The molecular weight excluding hydrogens is 738 g/mol. The smallest absolute Gasteiger partial charge is 0.456 e. The minimum Gasteiger partial charge on any atom is -0.456 e. The van der Waals surface area contributed by atoms with Gasteiger partial charge in [-0.15, -0.1) is 0 Å². The Morgan fingerprint density at radius 1 is 0.466 bits per heavy atom. The number of rotatable bonds is 8. The summed E-state index contributed by atoms with van der Waals surface area (Å²) in [5.41, 5.74) is -2.24. The lowest BCUT2D eigenvalue weighted by atomic mass is 9.74. The number of hydrogen-bond donors (Lipinski definition) is 0. The average Bonchev–Trinajstić information content (AvgIpc) is 3.52. The van der Waals surface area contributed by atoms with Crippen molar-refractivity contribution in [1.82, 2.24) is 9.13 Å². The Hall–Kier alpha value is -4.75. The van der Waals surface area contributed by atoms with Crippen LogP contribution in [0.4, 0.5) is 0 Å². The van der Waals surface area contributed by atoms with Gasteiger partial charge in [-0.3, -0.25) is 28.3 Å². The van der Waals surface area contributed by atoms with E-state index in [1.807, 2.05) is 69.2 Å². The van der Waals surface area contributed by atoms with Crippen molar-refractivity contribution in [2.45, 2.75) is 130 Å². The summed E-state index contributed by atoms with van der Waals surface area (Å²) in [6.45, 7) is 20.1. The van der Waals surface area contributed by atoms with E-state index in [1.165, 1.54) is 9.13 Å². The van der Waals surface area contributed by atoms with Crippen molar-refractivity contribution in [2.75, 3.05) is 0 Å². The first-order valence-corrected chi connectivity index (χ1v) is 20.5. The molecule has 12 nitrogen and oxygen atoms in total. The quantitative estimate of drug-likeness (QED) is 0.0953. The molecule has 14 heteroatoms. The second kappa shape index (κ2) is 11.9. The molecule has 2 fully saturated rings. The number of pyridine rings is 2. The zero-order chi connectivity index (χ0) is 41.2. The molecule has 4 aromatic carbocycles. The molecule has 0 saturated carbocycles. The topological polar surface area (TPSA) is 141 Å². The van der Waals surface area contributed by atoms with E-state index in [0.717, 1.165) is 12.8 Å². The van der Waals surface area contributed by atoms with Crippen LogP contribution in [0.3, 0.4) is 0 Å². The minimum absolute atomic E-state index is 0.248. The first-order valence-electron chi connectivity index (χ1n) is 20.5. The number of aromatic nitrogens is 2. The molecule has 0 spiro atoms. The fraction of sp³-hybridized carbons (Fsp3) is 0.455. The SMILES string of the molecule is CCCCn1c(=O)c2cc(B3OC(C)(C)C(C)(C)O3)c3oc4cc5c(=O)n(CCCC)c(=O)c6cc(B7OC(C)(C)C(C)(C)O7)c7oc8cc(c1=O)c2c3c8c4c7c65. The first-order chi connectivity index (χ1) is 27.3. The van der Waals surface area contributed by atoms with Crippen LogP contribution in [0, 0.1) is 0 Å². The van der Waals surface area contributed by atoms with Gasteiger partial charge in [-0.2, -0.15) is 0 Å². The highest BCUT2D eigenvalue weighted by Gasteiger charge is 2.54. The van der Waals surface area contributed by atoms with Crippen molar-refractivity contribution >= 4 is 101 Å². The van der Waals surface area contributed by atoms with Gasteiger partial charge in [0.05, 0.1) is 33.2 Å². The molecule has 0 aliphatic carbocycles. The van der Waals surface area contributed by atoms with Gasteiger partial charge in [0, 0.05) is 67.1 Å². The monoisotopic (exact) mass is 784 g/mol. The summed E-state index contributed by atoms with van der Waals surface area (Å²) in [7, 11) is -1.89. The van der Waals surface area contributed by atoms with Crippen LogP contribution in [-0.2, 0) is 31.7 Å². The van der Waals surface area contributed by atoms with Crippen molar-refractivity contribution < 1.29 is 27.5 Å². The summed E-state index contributed by atoms with van der Waals surface area (Å²) in [6.07, 6.45) is 2.85. The Morgan fingerprint density at radius 3 is 1.09 bits per heavy atom. The maximum absolute atomic E-state index is 14.5. The van der Waals surface area contributed by atoms with Gasteiger partial charge >= 0.3 is 14.2 Å². The molecule has 6 heterocycles. The molecule has 58 heavy (non-hydrogen) atoms. The Morgan fingerprint density at radius 2 is 0.776 bits per heavy atom. The van der Waals surface area contributed by atoms with Gasteiger partial charge < -0.3 is 27.5 Å². The average molecular weight is 784 g/mol. The van der Waals surface area contributed by atoms with Gasteiger partial charge in [0.25, 0.3) is 22.2 Å².